The fraction of sp³-hybridized carbons (Fsp3) is 0.348. The molecule has 0 bridgehead atoms. The van der Waals surface area contributed by atoms with Gasteiger partial charge in [0.1, 0.15) is 0 Å². The molecule has 1 aromatic heterocycles. The van der Waals surface area contributed by atoms with Crippen molar-refractivity contribution in [3.8, 4) is 0 Å². The molecule has 0 spiro atoms. The Morgan fingerprint density at radius 2 is 2.00 bits per heavy atom. The molecule has 0 atom stereocenters. The van der Waals surface area contributed by atoms with E-state index in [0.29, 0.717) is 6.54 Å². The van der Waals surface area contributed by atoms with Gasteiger partial charge in [-0.25, -0.2) is 4.98 Å². The minimum absolute atomic E-state index is 0.712. The molecule has 2 aliphatic carbocycles. The number of aryl methyl sites for hydroxylation is 1. The third kappa shape index (κ3) is 5.06. The second-order valence-electron chi connectivity index (χ2n) is 6.75. The molecule has 26 heavy (non-hydrogen) atoms. The van der Waals surface area contributed by atoms with E-state index in [1.54, 1.807) is 0 Å². The van der Waals surface area contributed by atoms with Gasteiger partial charge in [-0.1, -0.05) is 48.1 Å². The summed E-state index contributed by atoms with van der Waals surface area (Å²) in [6.07, 6.45) is 24.3. The lowest BCUT2D eigenvalue weighted by Crippen LogP contribution is -2.32. The molecular formula is C23H27ClN2. The molecule has 0 aliphatic heterocycles. The van der Waals surface area contributed by atoms with Crippen LogP contribution < -0.4 is 16.3 Å². The number of aromatic nitrogens is 1. The highest BCUT2D eigenvalue weighted by Crippen LogP contribution is 2.25. The molecule has 136 valence electrons. The predicted octanol–water partition coefficient (Wildman–Crippen LogP) is 4.13. The molecule has 2 aliphatic rings. The molecule has 1 heterocycles. The van der Waals surface area contributed by atoms with Crippen LogP contribution in [-0.2, 0) is 6.42 Å². The Bertz CT molecular complexity index is 872. The summed E-state index contributed by atoms with van der Waals surface area (Å²) in [5, 5.41) is 3.30. The SMILES string of the molecule is NCC/C=C\CCc1cc(C2=CC=C(Cl)CCC2)nc2c1=CCC=CC=2. The average Bonchev–Trinajstić information content (AvgIpc) is 3.01. The second kappa shape index (κ2) is 9.70. The Kier molecular flexibility index (Phi) is 7.04. The Balaban J connectivity index is 1.96. The van der Waals surface area contributed by atoms with Crippen LogP contribution in [0.3, 0.4) is 0 Å². The molecule has 0 fully saturated rings. The van der Waals surface area contributed by atoms with Crippen LogP contribution in [0.25, 0.3) is 17.7 Å². The van der Waals surface area contributed by atoms with Crippen molar-refractivity contribution in [2.75, 3.05) is 6.54 Å². The van der Waals surface area contributed by atoms with E-state index < -0.39 is 0 Å². The first-order chi connectivity index (χ1) is 12.8. The molecular weight excluding hydrogens is 340 g/mol. The van der Waals surface area contributed by atoms with Crippen molar-refractivity contribution in [1.82, 2.24) is 4.98 Å². The number of rotatable bonds is 6. The zero-order valence-electron chi connectivity index (χ0n) is 15.3. The van der Waals surface area contributed by atoms with Gasteiger partial charge in [-0.2, -0.15) is 0 Å². The normalized spacial score (nSPS) is 16.8. The summed E-state index contributed by atoms with van der Waals surface area (Å²) in [6, 6.07) is 2.28. The number of hydrogen-bond donors (Lipinski definition) is 1. The van der Waals surface area contributed by atoms with Crippen LogP contribution in [0.4, 0.5) is 0 Å². The third-order valence-corrected chi connectivity index (χ3v) is 5.07. The highest BCUT2D eigenvalue weighted by Gasteiger charge is 2.10. The maximum atomic E-state index is 6.21. The van der Waals surface area contributed by atoms with E-state index in [1.165, 1.54) is 16.4 Å². The van der Waals surface area contributed by atoms with Crippen molar-refractivity contribution in [3.63, 3.8) is 0 Å². The summed E-state index contributed by atoms with van der Waals surface area (Å²) < 4.78 is 0. The number of nitrogens with two attached hydrogens (primary N) is 1. The van der Waals surface area contributed by atoms with Gasteiger partial charge in [-0.3, -0.25) is 0 Å². The van der Waals surface area contributed by atoms with Gasteiger partial charge in [0.05, 0.1) is 11.0 Å². The third-order valence-electron chi connectivity index (χ3n) is 4.76. The highest BCUT2D eigenvalue weighted by molar-refractivity contribution is 6.29. The van der Waals surface area contributed by atoms with Gasteiger partial charge in [-0.15, -0.1) is 0 Å². The van der Waals surface area contributed by atoms with E-state index in [4.69, 9.17) is 22.3 Å². The van der Waals surface area contributed by atoms with E-state index in [9.17, 15) is 0 Å². The van der Waals surface area contributed by atoms with Crippen LogP contribution in [-0.4, -0.2) is 11.5 Å². The summed E-state index contributed by atoms with van der Waals surface area (Å²) in [5.41, 5.74) is 9.31. The summed E-state index contributed by atoms with van der Waals surface area (Å²) in [6.45, 7) is 0.712. The smallest absolute Gasteiger partial charge is 0.0708 e. The first kappa shape index (κ1) is 18.9. The maximum absolute atomic E-state index is 6.21. The lowest BCUT2D eigenvalue weighted by molar-refractivity contribution is 0.870. The van der Waals surface area contributed by atoms with E-state index >= 15 is 0 Å². The molecule has 3 heteroatoms. The van der Waals surface area contributed by atoms with Crippen LogP contribution >= 0.6 is 11.6 Å². The number of hydrogen-bond acceptors (Lipinski definition) is 2. The molecule has 0 aromatic carbocycles. The lowest BCUT2D eigenvalue weighted by atomic mass is 10.0. The number of fused-ring (bicyclic) bond motifs is 1. The minimum atomic E-state index is 0.712. The molecule has 2 N–H and O–H groups in total. The summed E-state index contributed by atoms with van der Waals surface area (Å²) in [4.78, 5) is 4.97. The van der Waals surface area contributed by atoms with E-state index in [1.807, 2.05) is 6.08 Å². The highest BCUT2D eigenvalue weighted by atomic mass is 35.5. The molecule has 0 amide bonds. The van der Waals surface area contributed by atoms with Gasteiger partial charge in [0, 0.05) is 5.03 Å². The van der Waals surface area contributed by atoms with Crippen LogP contribution in [0.2, 0.25) is 0 Å². The monoisotopic (exact) mass is 366 g/mol. The first-order valence-corrected chi connectivity index (χ1v) is 9.93. The van der Waals surface area contributed by atoms with Crippen molar-refractivity contribution < 1.29 is 0 Å². The van der Waals surface area contributed by atoms with Crippen LogP contribution in [0, 0.1) is 0 Å². The van der Waals surface area contributed by atoms with Gasteiger partial charge in [0.15, 0.2) is 0 Å². The summed E-state index contributed by atoms with van der Waals surface area (Å²) in [7, 11) is 0. The first-order valence-electron chi connectivity index (χ1n) is 9.55. The van der Waals surface area contributed by atoms with Crippen molar-refractivity contribution in [3.05, 3.63) is 69.4 Å². The van der Waals surface area contributed by atoms with E-state index in [-0.39, 0.29) is 0 Å². The molecule has 0 saturated carbocycles. The van der Waals surface area contributed by atoms with Crippen LogP contribution in [0.15, 0.2) is 47.6 Å². The van der Waals surface area contributed by atoms with Gasteiger partial charge in [0.2, 0.25) is 0 Å². The van der Waals surface area contributed by atoms with Crippen molar-refractivity contribution >= 4 is 29.3 Å². The fourth-order valence-corrected chi connectivity index (χ4v) is 3.57. The number of nitrogens with zero attached hydrogens (tertiary/aromatic N) is 1. The number of allylic oxidation sites excluding steroid dienone is 7. The van der Waals surface area contributed by atoms with E-state index in [0.717, 1.165) is 61.0 Å². The van der Waals surface area contributed by atoms with E-state index in [2.05, 4.69) is 48.6 Å². The van der Waals surface area contributed by atoms with Crippen molar-refractivity contribution in [2.24, 2.45) is 5.73 Å². The topological polar surface area (TPSA) is 38.9 Å². The minimum Gasteiger partial charge on any atom is -0.330 e. The molecule has 1 aromatic rings. The Morgan fingerprint density at radius 3 is 2.88 bits per heavy atom. The molecule has 0 radical (unpaired) electrons. The number of pyridine rings is 1. The largest absolute Gasteiger partial charge is 0.330 e. The van der Waals surface area contributed by atoms with Gasteiger partial charge in [-0.05, 0) is 86.1 Å². The lowest BCUT2D eigenvalue weighted by Gasteiger charge is -2.09. The Labute approximate surface area is 161 Å². The summed E-state index contributed by atoms with van der Waals surface area (Å²) in [5.74, 6) is 0. The van der Waals surface area contributed by atoms with Gasteiger partial charge in [0.25, 0.3) is 0 Å². The zero-order chi connectivity index (χ0) is 18.2. The Hall–Kier alpha value is -1.90. The standard InChI is InChI=1S/C23H27ClN2/c24-20-11-8-10-18(14-15-20)23-17-19(9-4-1-2-7-16-25)21-12-5-3-6-13-22(21)26-23/h1-3,6,12-15,17H,4-5,7-11,16,25H2/b2-1-. The quantitative estimate of drug-likeness (QED) is 0.769. The second-order valence-corrected chi connectivity index (χ2v) is 7.23. The average molecular weight is 367 g/mol. The van der Waals surface area contributed by atoms with Crippen molar-refractivity contribution in [1.29, 1.82) is 0 Å². The molecule has 0 unspecified atom stereocenters. The summed E-state index contributed by atoms with van der Waals surface area (Å²) >= 11 is 6.21. The Morgan fingerprint density at radius 1 is 1.12 bits per heavy atom. The maximum Gasteiger partial charge on any atom is 0.0708 e. The van der Waals surface area contributed by atoms with Crippen LogP contribution in [0.1, 0.15) is 49.8 Å². The van der Waals surface area contributed by atoms with Gasteiger partial charge < -0.3 is 5.73 Å². The number of halogens is 1. The predicted molar refractivity (Wildman–Crippen MR) is 113 cm³/mol. The molecule has 0 saturated heterocycles. The molecule has 3 rings (SSSR count). The van der Waals surface area contributed by atoms with Crippen LogP contribution in [0.5, 0.6) is 0 Å². The molecule has 2 nitrogen and oxygen atoms in total. The zero-order valence-corrected chi connectivity index (χ0v) is 16.0. The van der Waals surface area contributed by atoms with Crippen molar-refractivity contribution in [2.45, 2.75) is 44.9 Å². The fourth-order valence-electron chi connectivity index (χ4n) is 3.38. The van der Waals surface area contributed by atoms with Gasteiger partial charge >= 0.3 is 0 Å².